The largest absolute Gasteiger partial charge is 0.381 e. The zero-order valence-corrected chi connectivity index (χ0v) is 14.1. The second-order valence-corrected chi connectivity index (χ2v) is 6.69. The highest BCUT2D eigenvalue weighted by molar-refractivity contribution is 5.76. The summed E-state index contributed by atoms with van der Waals surface area (Å²) in [4.78, 5) is 22.2. The van der Waals surface area contributed by atoms with Gasteiger partial charge < -0.3 is 20.7 Å². The van der Waals surface area contributed by atoms with E-state index in [9.17, 15) is 4.79 Å². The van der Waals surface area contributed by atoms with Gasteiger partial charge in [-0.3, -0.25) is 4.79 Å². The molecule has 2 aliphatic heterocycles. The van der Waals surface area contributed by atoms with Crippen molar-refractivity contribution in [3.05, 3.63) is 18.1 Å². The minimum absolute atomic E-state index is 0.0679. The average Bonchev–Trinajstić information content (AvgIpc) is 3.14. The van der Waals surface area contributed by atoms with Crippen molar-refractivity contribution in [1.82, 2.24) is 14.9 Å². The van der Waals surface area contributed by atoms with Crippen molar-refractivity contribution in [3.8, 4) is 0 Å². The molecule has 3 N–H and O–H groups in total. The first kappa shape index (κ1) is 17.1. The van der Waals surface area contributed by atoms with Crippen molar-refractivity contribution in [1.29, 1.82) is 0 Å². The van der Waals surface area contributed by atoms with E-state index in [2.05, 4.69) is 20.2 Å². The van der Waals surface area contributed by atoms with Gasteiger partial charge in [-0.15, -0.1) is 0 Å². The first-order valence-electron chi connectivity index (χ1n) is 8.87. The molecule has 7 heteroatoms. The molecule has 0 radical (unpaired) electrons. The number of hydrogen-bond acceptors (Lipinski definition) is 6. The molecule has 0 saturated carbocycles. The van der Waals surface area contributed by atoms with Crippen LogP contribution in [-0.2, 0) is 9.53 Å². The predicted molar refractivity (Wildman–Crippen MR) is 91.7 cm³/mol. The highest BCUT2D eigenvalue weighted by Gasteiger charge is 2.22. The maximum Gasteiger partial charge on any atom is 0.220 e. The van der Waals surface area contributed by atoms with Gasteiger partial charge in [0.1, 0.15) is 12.1 Å². The number of amides is 1. The van der Waals surface area contributed by atoms with E-state index in [0.29, 0.717) is 5.92 Å². The smallest absolute Gasteiger partial charge is 0.220 e. The minimum Gasteiger partial charge on any atom is -0.381 e. The Morgan fingerprint density at radius 1 is 1.33 bits per heavy atom. The molecule has 0 aliphatic carbocycles. The third-order valence-corrected chi connectivity index (χ3v) is 4.98. The van der Waals surface area contributed by atoms with Gasteiger partial charge in [-0.2, -0.15) is 0 Å². The molecule has 1 amide bonds. The Balaban J connectivity index is 1.36. The zero-order valence-electron chi connectivity index (χ0n) is 14.1. The van der Waals surface area contributed by atoms with E-state index in [4.69, 9.17) is 10.5 Å². The number of likely N-dealkylation sites (tertiary alicyclic amines) is 1. The van der Waals surface area contributed by atoms with Gasteiger partial charge in [0, 0.05) is 31.1 Å². The lowest BCUT2D eigenvalue weighted by Gasteiger charge is -2.30. The van der Waals surface area contributed by atoms with Crippen LogP contribution in [0, 0.1) is 5.92 Å². The van der Waals surface area contributed by atoms with Crippen molar-refractivity contribution in [2.45, 2.75) is 31.6 Å². The molecule has 24 heavy (non-hydrogen) atoms. The molecule has 7 nitrogen and oxygen atoms in total. The summed E-state index contributed by atoms with van der Waals surface area (Å²) < 4.78 is 5.42. The summed E-state index contributed by atoms with van der Waals surface area (Å²) in [6, 6.07) is 2.04. The zero-order chi connectivity index (χ0) is 16.8. The van der Waals surface area contributed by atoms with Gasteiger partial charge in [0.15, 0.2) is 0 Å². The van der Waals surface area contributed by atoms with Gasteiger partial charge >= 0.3 is 0 Å². The highest BCUT2D eigenvalue weighted by atomic mass is 16.5. The quantitative estimate of drug-likeness (QED) is 0.723. The summed E-state index contributed by atoms with van der Waals surface area (Å²) in [6.45, 7) is 5.43. The predicted octanol–water partition coefficient (Wildman–Crippen LogP) is 0.980. The number of nitrogens with zero attached hydrogens (tertiary/aromatic N) is 3. The van der Waals surface area contributed by atoms with Crippen LogP contribution in [0.5, 0.6) is 0 Å². The molecule has 2 fully saturated rings. The number of primary amides is 1. The van der Waals surface area contributed by atoms with Gasteiger partial charge in [-0.1, -0.05) is 0 Å². The Morgan fingerprint density at radius 3 is 2.88 bits per heavy atom. The molecular weight excluding hydrogens is 306 g/mol. The molecule has 0 bridgehead atoms. The number of rotatable bonds is 7. The SMILES string of the molecule is NC(=O)C1CCN(CCCNc2cc([C@H]3CCOC3)ncn2)CC1. The van der Waals surface area contributed by atoms with Crippen LogP contribution >= 0.6 is 0 Å². The fourth-order valence-electron chi connectivity index (χ4n) is 3.42. The van der Waals surface area contributed by atoms with Crippen molar-refractivity contribution in [2.75, 3.05) is 44.7 Å². The fourth-order valence-corrected chi connectivity index (χ4v) is 3.42. The summed E-state index contributed by atoms with van der Waals surface area (Å²) in [5.74, 6) is 1.21. The Labute approximate surface area is 143 Å². The van der Waals surface area contributed by atoms with Crippen LogP contribution in [0.3, 0.4) is 0 Å². The van der Waals surface area contributed by atoms with Crippen LogP contribution in [0.25, 0.3) is 0 Å². The van der Waals surface area contributed by atoms with Gasteiger partial charge in [0.2, 0.25) is 5.91 Å². The van der Waals surface area contributed by atoms with Crippen LogP contribution in [0.2, 0.25) is 0 Å². The topological polar surface area (TPSA) is 93.4 Å². The Kier molecular flexibility index (Phi) is 5.98. The van der Waals surface area contributed by atoms with Crippen molar-refractivity contribution < 1.29 is 9.53 Å². The molecule has 1 aromatic heterocycles. The van der Waals surface area contributed by atoms with E-state index < -0.39 is 0 Å². The first-order chi connectivity index (χ1) is 11.7. The molecular formula is C17H27N5O2. The number of piperidine rings is 1. The lowest BCUT2D eigenvalue weighted by atomic mass is 9.96. The number of carbonyl (C=O) groups is 1. The summed E-state index contributed by atoms with van der Waals surface area (Å²) in [7, 11) is 0. The molecule has 1 atom stereocenters. The Hall–Kier alpha value is -1.73. The third kappa shape index (κ3) is 4.64. The van der Waals surface area contributed by atoms with Crippen molar-refractivity contribution in [3.63, 3.8) is 0 Å². The van der Waals surface area contributed by atoms with E-state index in [0.717, 1.165) is 76.6 Å². The summed E-state index contributed by atoms with van der Waals surface area (Å²) in [6.07, 6.45) is 5.50. The summed E-state index contributed by atoms with van der Waals surface area (Å²) in [5, 5.41) is 3.38. The number of aromatic nitrogens is 2. The molecule has 132 valence electrons. The van der Waals surface area contributed by atoms with Crippen LogP contribution in [-0.4, -0.2) is 60.2 Å². The Bertz CT molecular complexity index is 540. The van der Waals surface area contributed by atoms with E-state index in [-0.39, 0.29) is 11.8 Å². The Morgan fingerprint density at radius 2 is 2.17 bits per heavy atom. The third-order valence-electron chi connectivity index (χ3n) is 4.98. The van der Waals surface area contributed by atoms with Crippen LogP contribution in [0.15, 0.2) is 12.4 Å². The van der Waals surface area contributed by atoms with Gasteiger partial charge in [0.25, 0.3) is 0 Å². The molecule has 1 aromatic rings. The van der Waals surface area contributed by atoms with E-state index >= 15 is 0 Å². The van der Waals surface area contributed by atoms with Gasteiger partial charge in [-0.25, -0.2) is 9.97 Å². The number of nitrogens with one attached hydrogen (secondary N) is 1. The maximum atomic E-state index is 11.2. The van der Waals surface area contributed by atoms with Crippen LogP contribution in [0.1, 0.15) is 37.3 Å². The summed E-state index contributed by atoms with van der Waals surface area (Å²) in [5.41, 5.74) is 6.44. The van der Waals surface area contributed by atoms with Crippen LogP contribution in [0.4, 0.5) is 5.82 Å². The molecule has 2 aliphatic rings. The van der Waals surface area contributed by atoms with E-state index in [1.165, 1.54) is 0 Å². The van der Waals surface area contributed by atoms with E-state index in [1.807, 2.05) is 6.07 Å². The van der Waals surface area contributed by atoms with Crippen molar-refractivity contribution in [2.24, 2.45) is 11.7 Å². The molecule has 0 unspecified atom stereocenters. The molecule has 2 saturated heterocycles. The van der Waals surface area contributed by atoms with E-state index in [1.54, 1.807) is 6.33 Å². The average molecular weight is 333 g/mol. The molecule has 3 heterocycles. The number of ether oxygens (including phenoxy) is 1. The molecule has 0 aromatic carbocycles. The lowest BCUT2D eigenvalue weighted by Crippen LogP contribution is -2.39. The van der Waals surface area contributed by atoms with Crippen molar-refractivity contribution >= 4 is 11.7 Å². The number of nitrogens with two attached hydrogens (primary N) is 1. The second-order valence-electron chi connectivity index (χ2n) is 6.69. The van der Waals surface area contributed by atoms with Gasteiger partial charge in [-0.05, 0) is 45.3 Å². The monoisotopic (exact) mass is 333 g/mol. The number of carbonyl (C=O) groups excluding carboxylic acids is 1. The maximum absolute atomic E-state index is 11.2. The second kappa shape index (κ2) is 8.39. The standard InChI is InChI=1S/C17H27N5O2/c18-17(23)13-2-7-22(8-3-13)6-1-5-19-16-10-15(20-12-21-16)14-4-9-24-11-14/h10,12-14H,1-9,11H2,(H2,18,23)(H,19,20,21)/t14-/m0/s1. The lowest BCUT2D eigenvalue weighted by molar-refractivity contribution is -0.123. The van der Waals surface area contributed by atoms with Crippen LogP contribution < -0.4 is 11.1 Å². The first-order valence-corrected chi connectivity index (χ1v) is 8.87. The molecule has 0 spiro atoms. The normalized spacial score (nSPS) is 22.6. The summed E-state index contributed by atoms with van der Waals surface area (Å²) >= 11 is 0. The van der Waals surface area contributed by atoms with Gasteiger partial charge in [0.05, 0.1) is 12.3 Å². The number of anilines is 1. The fraction of sp³-hybridized carbons (Fsp3) is 0.706. The highest BCUT2D eigenvalue weighted by Crippen LogP contribution is 2.24. The minimum atomic E-state index is -0.149. The molecule has 3 rings (SSSR count). The number of hydrogen-bond donors (Lipinski definition) is 2.